The number of amides is 3. The summed E-state index contributed by atoms with van der Waals surface area (Å²) in [6, 6.07) is 16.3. The van der Waals surface area contributed by atoms with Crippen molar-refractivity contribution in [3.8, 4) is 5.75 Å². The van der Waals surface area contributed by atoms with Gasteiger partial charge in [0.15, 0.2) is 5.78 Å². The lowest BCUT2D eigenvalue weighted by Crippen LogP contribution is -2.52. The Morgan fingerprint density at radius 1 is 0.907 bits per heavy atom. The maximum atomic E-state index is 13.6. The fourth-order valence-corrected chi connectivity index (χ4v) is 5.18. The van der Waals surface area contributed by atoms with Gasteiger partial charge in [0.25, 0.3) is 23.4 Å². The quantitative estimate of drug-likeness (QED) is 0.0663. The van der Waals surface area contributed by atoms with E-state index in [1.54, 1.807) is 0 Å². The van der Waals surface area contributed by atoms with Crippen LogP contribution in [0.3, 0.4) is 0 Å². The highest BCUT2D eigenvalue weighted by Crippen LogP contribution is 2.38. The third-order valence-corrected chi connectivity index (χ3v) is 7.61. The third-order valence-electron chi connectivity index (χ3n) is 7.36. The molecule has 3 aromatic carbocycles. The van der Waals surface area contributed by atoms with Gasteiger partial charge in [-0.2, -0.15) is 5.01 Å². The number of imide groups is 1. The molecule has 1 fully saturated rings. The maximum Gasteiger partial charge on any atom is 0.343 e. The lowest BCUT2D eigenvalue weighted by molar-refractivity contribution is -0.384. The SMILES string of the molecule is CC1=CC[C@@H]2C(=O)N(N(CC(=O)c3ccc(OC(=O)c4ccc([N+](=O)[O-])cc4)cc3)C(=O)c3ccc(Cl)cc3)C(=O)[C@@H]2C1. The fraction of sp³-hybridized carbons (Fsp3) is 0.194. The highest BCUT2D eigenvalue weighted by atomic mass is 35.5. The summed E-state index contributed by atoms with van der Waals surface area (Å²) in [5.41, 5.74) is 1.16. The second-order valence-corrected chi connectivity index (χ2v) is 10.6. The van der Waals surface area contributed by atoms with Crippen LogP contribution < -0.4 is 4.74 Å². The number of nitro benzene ring substituents is 1. The monoisotopic (exact) mass is 601 g/mol. The van der Waals surface area contributed by atoms with Gasteiger partial charge in [-0.15, -0.1) is 0 Å². The molecule has 1 saturated heterocycles. The van der Waals surface area contributed by atoms with Crippen LogP contribution in [0.25, 0.3) is 0 Å². The average molecular weight is 602 g/mol. The summed E-state index contributed by atoms with van der Waals surface area (Å²) in [5.74, 6) is -4.25. The molecule has 0 saturated carbocycles. The van der Waals surface area contributed by atoms with Crippen LogP contribution >= 0.6 is 11.6 Å². The van der Waals surface area contributed by atoms with E-state index in [-0.39, 0.29) is 28.1 Å². The zero-order chi connectivity index (χ0) is 30.8. The van der Waals surface area contributed by atoms with Gasteiger partial charge in [0.05, 0.1) is 22.3 Å². The van der Waals surface area contributed by atoms with Crippen LogP contribution in [-0.4, -0.2) is 51.0 Å². The molecule has 0 radical (unpaired) electrons. The molecule has 11 nitrogen and oxygen atoms in total. The molecule has 2 atom stereocenters. The summed E-state index contributed by atoms with van der Waals surface area (Å²) in [6.45, 7) is 1.27. The Bertz CT molecular complexity index is 1670. The van der Waals surface area contributed by atoms with Gasteiger partial charge in [-0.05, 0) is 80.4 Å². The highest BCUT2D eigenvalue weighted by Gasteiger charge is 2.51. The molecule has 3 aromatic rings. The van der Waals surface area contributed by atoms with Crippen LogP contribution in [0.1, 0.15) is 50.8 Å². The molecule has 2 aliphatic rings. The van der Waals surface area contributed by atoms with Gasteiger partial charge in [-0.3, -0.25) is 29.3 Å². The standard InChI is InChI=1S/C31H24ClN3O8/c1-18-2-15-25-26(16-18)30(39)34(29(25)38)33(28(37)20-3-9-22(32)10-4-20)17-27(36)19-7-13-24(14-8-19)43-31(40)21-5-11-23(12-6-21)35(41)42/h2-14,25-26H,15-17H2,1H3/t25-,26+/m0/s1. The maximum absolute atomic E-state index is 13.6. The minimum absolute atomic E-state index is 0.0908. The summed E-state index contributed by atoms with van der Waals surface area (Å²) in [5, 5.41) is 12.9. The second-order valence-electron chi connectivity index (χ2n) is 10.2. The first kappa shape index (κ1) is 29.3. The number of nitro groups is 1. The van der Waals surface area contributed by atoms with Crippen LogP contribution in [-0.2, 0) is 9.59 Å². The number of fused-ring (bicyclic) bond motifs is 1. The number of ketones is 1. The zero-order valence-electron chi connectivity index (χ0n) is 22.8. The minimum atomic E-state index is -0.758. The molecule has 5 rings (SSSR count). The number of halogens is 1. The summed E-state index contributed by atoms with van der Waals surface area (Å²) in [7, 11) is 0. The lowest BCUT2D eigenvalue weighted by Gasteiger charge is -2.30. The van der Waals surface area contributed by atoms with Crippen LogP contribution in [0.5, 0.6) is 5.75 Å². The van der Waals surface area contributed by atoms with Crippen molar-refractivity contribution in [3.63, 3.8) is 0 Å². The lowest BCUT2D eigenvalue weighted by atomic mass is 9.82. The largest absolute Gasteiger partial charge is 0.423 e. The van der Waals surface area contributed by atoms with Crippen molar-refractivity contribution in [1.82, 2.24) is 10.0 Å². The Hall–Kier alpha value is -5.16. The summed E-state index contributed by atoms with van der Waals surface area (Å²) >= 11 is 5.97. The Balaban J connectivity index is 1.35. The molecule has 1 aliphatic heterocycles. The fourth-order valence-electron chi connectivity index (χ4n) is 5.05. The number of esters is 1. The number of hydrogen-bond acceptors (Lipinski definition) is 8. The number of nitrogens with zero attached hydrogens (tertiary/aromatic N) is 3. The van der Waals surface area contributed by atoms with E-state index in [0.29, 0.717) is 17.9 Å². The van der Waals surface area contributed by atoms with Crippen molar-refractivity contribution < 1.29 is 33.6 Å². The number of allylic oxidation sites excluding steroid dienone is 2. The molecule has 0 N–H and O–H groups in total. The molecule has 3 amide bonds. The molecule has 1 heterocycles. The van der Waals surface area contributed by atoms with Crippen molar-refractivity contribution in [1.29, 1.82) is 0 Å². The molecule has 43 heavy (non-hydrogen) atoms. The molecule has 1 aliphatic carbocycles. The minimum Gasteiger partial charge on any atom is -0.423 e. The Kier molecular flexibility index (Phi) is 8.18. The topological polar surface area (TPSA) is 144 Å². The van der Waals surface area contributed by atoms with E-state index in [4.69, 9.17) is 16.3 Å². The number of non-ortho nitro benzene ring substituents is 1. The average Bonchev–Trinajstić information content (AvgIpc) is 3.24. The number of ether oxygens (including phenoxy) is 1. The number of benzene rings is 3. The van der Waals surface area contributed by atoms with E-state index >= 15 is 0 Å². The second kappa shape index (κ2) is 12.0. The normalized spacial score (nSPS) is 17.6. The Labute approximate surface area is 250 Å². The first-order valence-electron chi connectivity index (χ1n) is 13.2. The molecule has 218 valence electrons. The van der Waals surface area contributed by atoms with Gasteiger partial charge < -0.3 is 4.74 Å². The smallest absolute Gasteiger partial charge is 0.343 e. The van der Waals surface area contributed by atoms with E-state index in [1.165, 1.54) is 72.8 Å². The number of carbonyl (C=O) groups is 5. The van der Waals surface area contributed by atoms with Gasteiger partial charge in [-0.25, -0.2) is 9.80 Å². The van der Waals surface area contributed by atoms with Gasteiger partial charge >= 0.3 is 5.97 Å². The van der Waals surface area contributed by atoms with Gasteiger partial charge in [-0.1, -0.05) is 23.3 Å². The van der Waals surface area contributed by atoms with E-state index in [0.717, 1.165) is 15.6 Å². The van der Waals surface area contributed by atoms with E-state index in [9.17, 15) is 34.1 Å². The number of hydrazine groups is 1. The zero-order valence-corrected chi connectivity index (χ0v) is 23.5. The Morgan fingerprint density at radius 2 is 1.49 bits per heavy atom. The summed E-state index contributed by atoms with van der Waals surface area (Å²) in [6.07, 6.45) is 2.67. The molecule has 0 aromatic heterocycles. The Morgan fingerprint density at radius 3 is 2.12 bits per heavy atom. The van der Waals surface area contributed by atoms with Gasteiger partial charge in [0, 0.05) is 28.3 Å². The molecular weight excluding hydrogens is 578 g/mol. The van der Waals surface area contributed by atoms with Crippen LogP contribution in [0.15, 0.2) is 84.4 Å². The molecule has 0 unspecified atom stereocenters. The number of rotatable bonds is 8. The number of Topliss-reactive ketones (excluding diaryl/α,β-unsaturated/α-hetero) is 1. The summed E-state index contributed by atoms with van der Waals surface area (Å²) < 4.78 is 5.30. The van der Waals surface area contributed by atoms with Crippen molar-refractivity contribution in [2.24, 2.45) is 11.8 Å². The third kappa shape index (κ3) is 6.07. The molecular formula is C31H24ClN3O8. The molecule has 12 heteroatoms. The first-order valence-corrected chi connectivity index (χ1v) is 13.6. The highest BCUT2D eigenvalue weighted by molar-refractivity contribution is 6.30. The van der Waals surface area contributed by atoms with Gasteiger partial charge in [0.1, 0.15) is 12.3 Å². The first-order chi connectivity index (χ1) is 20.5. The van der Waals surface area contributed by atoms with Gasteiger partial charge in [0.2, 0.25) is 0 Å². The predicted octanol–water partition coefficient (Wildman–Crippen LogP) is 5.05. The van der Waals surface area contributed by atoms with E-state index < -0.39 is 52.8 Å². The summed E-state index contributed by atoms with van der Waals surface area (Å²) in [4.78, 5) is 76.5. The molecule has 0 spiro atoms. The molecule has 0 bridgehead atoms. The van der Waals surface area contributed by atoms with E-state index in [2.05, 4.69) is 0 Å². The van der Waals surface area contributed by atoms with Crippen LogP contribution in [0.2, 0.25) is 5.02 Å². The number of carbonyl (C=O) groups excluding carboxylic acids is 5. The van der Waals surface area contributed by atoms with Crippen molar-refractivity contribution >= 4 is 46.8 Å². The van der Waals surface area contributed by atoms with Crippen molar-refractivity contribution in [3.05, 3.63) is 116 Å². The van der Waals surface area contributed by atoms with E-state index in [1.807, 2.05) is 13.0 Å². The van der Waals surface area contributed by atoms with Crippen LogP contribution in [0.4, 0.5) is 5.69 Å². The number of hydrogen-bond donors (Lipinski definition) is 0. The van der Waals surface area contributed by atoms with Crippen LogP contribution in [0, 0.1) is 22.0 Å². The predicted molar refractivity (Wildman–Crippen MR) is 153 cm³/mol. The van der Waals surface area contributed by atoms with Crippen molar-refractivity contribution in [2.45, 2.75) is 19.8 Å². The van der Waals surface area contributed by atoms with Crippen molar-refractivity contribution in [2.75, 3.05) is 6.54 Å².